The molecule has 0 spiro atoms. The first-order chi connectivity index (χ1) is 12.1. The van der Waals surface area contributed by atoms with Gasteiger partial charge in [0.25, 0.3) is 5.91 Å². The summed E-state index contributed by atoms with van der Waals surface area (Å²) in [6.45, 7) is 7.88. The Kier molecular flexibility index (Phi) is 6.77. The van der Waals surface area contributed by atoms with Crippen LogP contribution in [-0.4, -0.2) is 25.3 Å². The Morgan fingerprint density at radius 1 is 1.16 bits per heavy atom. The minimum Gasteiger partial charge on any atom is -0.489 e. The third-order valence-corrected chi connectivity index (χ3v) is 3.23. The molecule has 0 fully saturated rings. The van der Waals surface area contributed by atoms with Crippen LogP contribution >= 0.6 is 0 Å². The van der Waals surface area contributed by atoms with Crippen molar-refractivity contribution in [3.8, 4) is 11.5 Å². The van der Waals surface area contributed by atoms with Gasteiger partial charge < -0.3 is 9.47 Å². The molecule has 1 amide bonds. The predicted molar refractivity (Wildman–Crippen MR) is 99.3 cm³/mol. The van der Waals surface area contributed by atoms with E-state index in [1.807, 2.05) is 56.3 Å². The minimum atomic E-state index is -0.333. The molecule has 0 aromatic heterocycles. The average Bonchev–Trinajstić information content (AvgIpc) is 2.58. The Bertz CT molecular complexity index is 749. The number of benzene rings is 2. The van der Waals surface area contributed by atoms with Crippen LogP contribution in [0.3, 0.4) is 0 Å². The average molecular weight is 338 g/mol. The van der Waals surface area contributed by atoms with Crippen LogP contribution in [0, 0.1) is 13.8 Å². The molecule has 2 aromatic rings. The molecule has 2 aromatic carbocycles. The summed E-state index contributed by atoms with van der Waals surface area (Å²) in [7, 11) is 0. The fourth-order valence-corrected chi connectivity index (χ4v) is 2.24. The molecular formula is C20H22N2O3. The van der Waals surface area contributed by atoms with Crippen LogP contribution in [0.5, 0.6) is 11.5 Å². The summed E-state index contributed by atoms with van der Waals surface area (Å²) < 4.78 is 11.0. The summed E-state index contributed by atoms with van der Waals surface area (Å²) in [6, 6.07) is 13.2. The summed E-state index contributed by atoms with van der Waals surface area (Å²) in [4.78, 5) is 11.8. The first kappa shape index (κ1) is 18.3. The van der Waals surface area contributed by atoms with E-state index in [1.165, 1.54) is 6.21 Å². The van der Waals surface area contributed by atoms with Crippen molar-refractivity contribution < 1.29 is 14.3 Å². The first-order valence-corrected chi connectivity index (χ1v) is 7.94. The van der Waals surface area contributed by atoms with Crippen molar-refractivity contribution in [2.24, 2.45) is 5.10 Å². The van der Waals surface area contributed by atoms with Crippen molar-refractivity contribution in [1.29, 1.82) is 0 Å². The second-order valence-electron chi connectivity index (χ2n) is 5.54. The largest absolute Gasteiger partial charge is 0.489 e. The number of rotatable bonds is 8. The maximum absolute atomic E-state index is 11.8. The molecule has 5 nitrogen and oxygen atoms in total. The van der Waals surface area contributed by atoms with Crippen LogP contribution in [0.1, 0.15) is 16.7 Å². The van der Waals surface area contributed by atoms with E-state index in [0.29, 0.717) is 18.1 Å². The zero-order chi connectivity index (χ0) is 18.1. The molecule has 1 N–H and O–H groups in total. The Morgan fingerprint density at radius 2 is 1.88 bits per heavy atom. The van der Waals surface area contributed by atoms with Gasteiger partial charge in [0.15, 0.2) is 6.61 Å². The van der Waals surface area contributed by atoms with Gasteiger partial charge in [-0.15, -0.1) is 0 Å². The third kappa shape index (κ3) is 6.14. The molecule has 0 saturated carbocycles. The topological polar surface area (TPSA) is 59.9 Å². The van der Waals surface area contributed by atoms with E-state index in [-0.39, 0.29) is 12.5 Å². The van der Waals surface area contributed by atoms with E-state index in [9.17, 15) is 4.79 Å². The third-order valence-electron chi connectivity index (χ3n) is 3.23. The first-order valence-electron chi connectivity index (χ1n) is 7.94. The van der Waals surface area contributed by atoms with Gasteiger partial charge in [-0.3, -0.25) is 4.79 Å². The SMILES string of the molecule is C=CCOc1ccccc1/C=N/NC(=O)COc1cc(C)cc(C)c1. The number of nitrogens with zero attached hydrogens (tertiary/aromatic N) is 1. The number of ether oxygens (including phenoxy) is 2. The Hall–Kier alpha value is -3.08. The molecule has 0 aliphatic heterocycles. The monoisotopic (exact) mass is 338 g/mol. The normalized spacial score (nSPS) is 10.5. The number of carbonyl (C=O) groups excluding carboxylic acids is 1. The molecular weight excluding hydrogens is 316 g/mol. The lowest BCUT2D eigenvalue weighted by Crippen LogP contribution is -2.24. The number of hydrogen-bond donors (Lipinski definition) is 1. The zero-order valence-corrected chi connectivity index (χ0v) is 14.5. The van der Waals surface area contributed by atoms with Gasteiger partial charge in [-0.1, -0.05) is 30.9 Å². The maximum Gasteiger partial charge on any atom is 0.277 e. The molecule has 25 heavy (non-hydrogen) atoms. The summed E-state index contributed by atoms with van der Waals surface area (Å²) in [5, 5.41) is 3.95. The standard InChI is InChI=1S/C20H22N2O3/c1-4-9-24-19-8-6-5-7-17(19)13-21-22-20(23)14-25-18-11-15(2)10-16(3)12-18/h4-8,10-13H,1,9,14H2,2-3H3,(H,22,23)/b21-13+. The molecule has 5 heteroatoms. The van der Waals surface area contributed by atoms with Crippen LogP contribution in [0.25, 0.3) is 0 Å². The second kappa shape index (κ2) is 9.27. The van der Waals surface area contributed by atoms with E-state index in [1.54, 1.807) is 6.08 Å². The Labute approximate surface area is 148 Å². The van der Waals surface area contributed by atoms with Crippen LogP contribution in [0.2, 0.25) is 0 Å². The smallest absolute Gasteiger partial charge is 0.277 e. The number of hydrazone groups is 1. The van der Waals surface area contributed by atoms with Gasteiger partial charge in [0.05, 0.1) is 6.21 Å². The number of carbonyl (C=O) groups is 1. The van der Waals surface area contributed by atoms with Gasteiger partial charge >= 0.3 is 0 Å². The van der Waals surface area contributed by atoms with Gasteiger partial charge in [-0.05, 0) is 49.2 Å². The highest BCUT2D eigenvalue weighted by atomic mass is 16.5. The zero-order valence-electron chi connectivity index (χ0n) is 14.5. The lowest BCUT2D eigenvalue weighted by Gasteiger charge is -2.08. The Morgan fingerprint density at radius 3 is 2.60 bits per heavy atom. The molecule has 0 bridgehead atoms. The van der Waals surface area contributed by atoms with Gasteiger partial charge in [0, 0.05) is 5.56 Å². The van der Waals surface area contributed by atoms with Gasteiger partial charge in [-0.25, -0.2) is 5.43 Å². The molecule has 0 heterocycles. The molecule has 130 valence electrons. The van der Waals surface area contributed by atoms with E-state index in [0.717, 1.165) is 16.7 Å². The van der Waals surface area contributed by atoms with E-state index in [2.05, 4.69) is 17.1 Å². The quantitative estimate of drug-likeness (QED) is 0.456. The summed E-state index contributed by atoms with van der Waals surface area (Å²) in [5.74, 6) is 1.01. The van der Waals surface area contributed by atoms with Crippen LogP contribution in [-0.2, 0) is 4.79 Å². The van der Waals surface area contributed by atoms with Gasteiger partial charge in [-0.2, -0.15) is 5.10 Å². The van der Waals surface area contributed by atoms with Crippen molar-refractivity contribution in [3.63, 3.8) is 0 Å². The second-order valence-corrected chi connectivity index (χ2v) is 5.54. The highest BCUT2D eigenvalue weighted by molar-refractivity contribution is 5.85. The van der Waals surface area contributed by atoms with Crippen molar-refractivity contribution in [3.05, 3.63) is 71.8 Å². The van der Waals surface area contributed by atoms with Crippen LogP contribution in [0.4, 0.5) is 0 Å². The molecule has 0 radical (unpaired) electrons. The van der Waals surface area contributed by atoms with E-state index < -0.39 is 0 Å². The van der Waals surface area contributed by atoms with Gasteiger partial charge in [0.2, 0.25) is 0 Å². The summed E-state index contributed by atoms with van der Waals surface area (Å²) >= 11 is 0. The minimum absolute atomic E-state index is 0.102. The Balaban J connectivity index is 1.87. The maximum atomic E-state index is 11.8. The van der Waals surface area contributed by atoms with Crippen molar-refractivity contribution in [2.75, 3.05) is 13.2 Å². The highest BCUT2D eigenvalue weighted by Gasteiger charge is 2.03. The lowest BCUT2D eigenvalue weighted by atomic mass is 10.1. The van der Waals surface area contributed by atoms with Gasteiger partial charge in [0.1, 0.15) is 18.1 Å². The van der Waals surface area contributed by atoms with Crippen LogP contribution < -0.4 is 14.9 Å². The number of amides is 1. The van der Waals surface area contributed by atoms with Crippen molar-refractivity contribution >= 4 is 12.1 Å². The molecule has 2 rings (SSSR count). The molecule has 0 aliphatic rings. The predicted octanol–water partition coefficient (Wildman–Crippen LogP) is 3.40. The van der Waals surface area contributed by atoms with E-state index in [4.69, 9.17) is 9.47 Å². The van der Waals surface area contributed by atoms with Crippen LogP contribution in [0.15, 0.2) is 60.2 Å². The molecule has 0 atom stereocenters. The van der Waals surface area contributed by atoms with Crippen molar-refractivity contribution in [1.82, 2.24) is 5.43 Å². The summed E-state index contributed by atoms with van der Waals surface area (Å²) in [6.07, 6.45) is 3.20. The summed E-state index contributed by atoms with van der Waals surface area (Å²) in [5.41, 5.74) is 5.38. The molecule has 0 saturated heterocycles. The lowest BCUT2D eigenvalue weighted by molar-refractivity contribution is -0.123. The number of hydrogen-bond acceptors (Lipinski definition) is 4. The number of para-hydroxylation sites is 1. The number of nitrogens with one attached hydrogen (secondary N) is 1. The highest BCUT2D eigenvalue weighted by Crippen LogP contribution is 2.16. The molecule has 0 unspecified atom stereocenters. The fourth-order valence-electron chi connectivity index (χ4n) is 2.24. The fraction of sp³-hybridized carbons (Fsp3) is 0.200. The van der Waals surface area contributed by atoms with Crippen molar-refractivity contribution in [2.45, 2.75) is 13.8 Å². The van der Waals surface area contributed by atoms with E-state index >= 15 is 0 Å². The number of aryl methyl sites for hydroxylation is 2. The molecule has 0 aliphatic carbocycles.